The summed E-state index contributed by atoms with van der Waals surface area (Å²) in [5.74, 6) is -1.84. The first-order valence-corrected chi connectivity index (χ1v) is 9.49. The molecule has 2 aromatic carbocycles. The smallest absolute Gasteiger partial charge is 0.324 e. The number of allylic oxidation sites excluding steroid dienone is 4. The Morgan fingerprint density at radius 1 is 1.14 bits per heavy atom. The predicted molar refractivity (Wildman–Crippen MR) is 105 cm³/mol. The van der Waals surface area contributed by atoms with Crippen LogP contribution in [0.5, 0.6) is 5.75 Å². The average Bonchev–Trinajstić information content (AvgIpc) is 2.70. The second kappa shape index (κ2) is 7.44. The molecule has 6 heteroatoms. The van der Waals surface area contributed by atoms with Crippen molar-refractivity contribution >= 4 is 5.97 Å². The molecule has 2 aromatic rings. The largest absolute Gasteiger partial charge is 0.480 e. The molecule has 0 fully saturated rings. The number of hydrogen-bond donors (Lipinski definition) is 2. The van der Waals surface area contributed by atoms with Crippen LogP contribution < -0.4 is 10.5 Å². The van der Waals surface area contributed by atoms with Crippen molar-refractivity contribution in [3.8, 4) is 5.75 Å². The summed E-state index contributed by atoms with van der Waals surface area (Å²) in [7, 11) is 0. The van der Waals surface area contributed by atoms with E-state index in [2.05, 4.69) is 0 Å². The number of halogens is 2. The molecule has 3 N–H and O–H groups in total. The molecular weight excluding hydrogens is 376 g/mol. The molecule has 0 saturated carbocycles. The van der Waals surface area contributed by atoms with E-state index in [1.165, 1.54) is 6.07 Å². The summed E-state index contributed by atoms with van der Waals surface area (Å²) in [6.07, 6.45) is 7.44. The fourth-order valence-corrected chi connectivity index (χ4v) is 3.92. The van der Waals surface area contributed by atoms with Crippen molar-refractivity contribution in [2.75, 3.05) is 0 Å². The van der Waals surface area contributed by atoms with Crippen LogP contribution in [0.4, 0.5) is 8.78 Å². The third-order valence-corrected chi connectivity index (χ3v) is 5.64. The van der Waals surface area contributed by atoms with Gasteiger partial charge in [-0.2, -0.15) is 0 Å². The second-order valence-corrected chi connectivity index (χ2v) is 7.63. The van der Waals surface area contributed by atoms with Crippen molar-refractivity contribution in [1.29, 1.82) is 0 Å². The summed E-state index contributed by atoms with van der Waals surface area (Å²) in [5.41, 5.74) is 7.33. The molecule has 0 aliphatic heterocycles. The molecule has 0 saturated heterocycles. The molecular formula is C23H21F2NO3. The summed E-state index contributed by atoms with van der Waals surface area (Å²) >= 11 is 0. The number of carboxylic acid groups (broad SMARTS) is 1. The molecule has 0 heterocycles. The Morgan fingerprint density at radius 2 is 1.97 bits per heavy atom. The Hall–Kier alpha value is -2.99. The molecule has 2 aliphatic rings. The molecule has 4 nitrogen and oxygen atoms in total. The Balaban J connectivity index is 1.59. The first-order chi connectivity index (χ1) is 13.9. The van der Waals surface area contributed by atoms with Gasteiger partial charge >= 0.3 is 5.97 Å². The fourth-order valence-electron chi connectivity index (χ4n) is 3.92. The topological polar surface area (TPSA) is 72.6 Å². The highest BCUT2D eigenvalue weighted by atomic mass is 19.2. The van der Waals surface area contributed by atoms with Gasteiger partial charge in [0.1, 0.15) is 17.0 Å². The van der Waals surface area contributed by atoms with Gasteiger partial charge in [-0.3, -0.25) is 4.79 Å². The van der Waals surface area contributed by atoms with Gasteiger partial charge in [-0.25, -0.2) is 8.78 Å². The van der Waals surface area contributed by atoms with E-state index < -0.39 is 23.1 Å². The van der Waals surface area contributed by atoms with Gasteiger partial charge in [0.15, 0.2) is 11.6 Å². The predicted octanol–water partition coefficient (Wildman–Crippen LogP) is 4.24. The highest BCUT2D eigenvalue weighted by Crippen LogP contribution is 2.35. The number of carbonyl (C=O) groups is 1. The van der Waals surface area contributed by atoms with Crippen LogP contribution >= 0.6 is 0 Å². The van der Waals surface area contributed by atoms with Gasteiger partial charge in [0.05, 0.1) is 0 Å². The zero-order valence-corrected chi connectivity index (χ0v) is 15.7. The molecule has 0 spiro atoms. The van der Waals surface area contributed by atoms with E-state index in [9.17, 15) is 18.7 Å². The minimum absolute atomic E-state index is 0.237. The van der Waals surface area contributed by atoms with Crippen molar-refractivity contribution in [3.05, 3.63) is 88.7 Å². The van der Waals surface area contributed by atoms with E-state index in [1.54, 1.807) is 12.1 Å². The molecule has 0 amide bonds. The van der Waals surface area contributed by atoms with Crippen molar-refractivity contribution in [3.63, 3.8) is 0 Å². The van der Waals surface area contributed by atoms with Crippen LogP contribution in [0.25, 0.3) is 0 Å². The zero-order chi connectivity index (χ0) is 20.6. The van der Waals surface area contributed by atoms with E-state index in [0.717, 1.165) is 17.2 Å². The Labute approximate surface area is 167 Å². The van der Waals surface area contributed by atoms with Gasteiger partial charge in [-0.05, 0) is 66.3 Å². The summed E-state index contributed by atoms with van der Waals surface area (Å²) in [5, 5.41) is 9.43. The number of fused-ring (bicyclic) bond motifs is 1. The third-order valence-electron chi connectivity index (χ3n) is 5.64. The number of aryl methyl sites for hydroxylation is 1. The molecule has 0 bridgehead atoms. The first kappa shape index (κ1) is 19.3. The maximum absolute atomic E-state index is 13.7. The number of ether oxygens (including phenoxy) is 1. The van der Waals surface area contributed by atoms with E-state index in [0.29, 0.717) is 36.3 Å². The van der Waals surface area contributed by atoms with Crippen LogP contribution in [0.15, 0.2) is 60.4 Å². The van der Waals surface area contributed by atoms with E-state index in [4.69, 9.17) is 10.5 Å². The molecule has 4 rings (SSSR count). The van der Waals surface area contributed by atoms with Crippen molar-refractivity contribution in [2.24, 2.45) is 5.73 Å². The van der Waals surface area contributed by atoms with Crippen molar-refractivity contribution in [2.45, 2.75) is 37.1 Å². The number of benzene rings is 2. The number of aliphatic carboxylic acids is 1. The highest BCUT2D eigenvalue weighted by molar-refractivity contribution is 5.79. The quantitative estimate of drug-likeness (QED) is 0.809. The lowest BCUT2D eigenvalue weighted by molar-refractivity contribution is -0.143. The number of carboxylic acids is 1. The molecule has 0 aromatic heterocycles. The SMILES string of the molecule is NC1(C(=O)O)CCc2ccc(OC3=CC=CCC3c3ccc(F)c(F)c3)cc2C1. The van der Waals surface area contributed by atoms with Crippen LogP contribution in [0.3, 0.4) is 0 Å². The zero-order valence-electron chi connectivity index (χ0n) is 15.7. The monoisotopic (exact) mass is 397 g/mol. The summed E-state index contributed by atoms with van der Waals surface area (Å²) < 4.78 is 33.1. The minimum Gasteiger partial charge on any atom is -0.480 e. The van der Waals surface area contributed by atoms with E-state index in [-0.39, 0.29) is 12.3 Å². The summed E-state index contributed by atoms with van der Waals surface area (Å²) in [4.78, 5) is 11.5. The van der Waals surface area contributed by atoms with Crippen molar-refractivity contribution < 1.29 is 23.4 Å². The highest BCUT2D eigenvalue weighted by Gasteiger charge is 2.37. The summed E-state index contributed by atoms with van der Waals surface area (Å²) in [6.45, 7) is 0. The fraction of sp³-hybridized carbons (Fsp3) is 0.261. The van der Waals surface area contributed by atoms with E-state index >= 15 is 0 Å². The molecule has 29 heavy (non-hydrogen) atoms. The average molecular weight is 397 g/mol. The lowest BCUT2D eigenvalue weighted by Gasteiger charge is -2.31. The van der Waals surface area contributed by atoms with Gasteiger partial charge in [-0.15, -0.1) is 0 Å². The van der Waals surface area contributed by atoms with Crippen molar-refractivity contribution in [1.82, 2.24) is 0 Å². The molecule has 2 aliphatic carbocycles. The van der Waals surface area contributed by atoms with Gasteiger partial charge in [0, 0.05) is 12.3 Å². The van der Waals surface area contributed by atoms with Crippen LogP contribution in [0.2, 0.25) is 0 Å². The summed E-state index contributed by atoms with van der Waals surface area (Å²) in [6, 6.07) is 9.45. The lowest BCUT2D eigenvalue weighted by Crippen LogP contribution is -2.52. The first-order valence-electron chi connectivity index (χ1n) is 9.49. The third kappa shape index (κ3) is 3.80. The Morgan fingerprint density at radius 3 is 2.72 bits per heavy atom. The number of hydrogen-bond acceptors (Lipinski definition) is 3. The van der Waals surface area contributed by atoms with Gasteiger partial charge in [0.2, 0.25) is 0 Å². The Kier molecular flexibility index (Phi) is 4.96. The van der Waals surface area contributed by atoms with Gasteiger partial charge in [-0.1, -0.05) is 24.3 Å². The van der Waals surface area contributed by atoms with Crippen LogP contribution in [0, 0.1) is 11.6 Å². The van der Waals surface area contributed by atoms with Gasteiger partial charge < -0.3 is 15.6 Å². The minimum atomic E-state index is -1.27. The normalized spacial score (nSPS) is 23.3. The molecule has 2 unspecified atom stereocenters. The second-order valence-electron chi connectivity index (χ2n) is 7.63. The molecule has 150 valence electrons. The van der Waals surface area contributed by atoms with E-state index in [1.807, 2.05) is 30.4 Å². The molecule has 0 radical (unpaired) electrons. The number of nitrogens with two attached hydrogens (primary N) is 1. The standard InChI is InChI=1S/C23H21F2NO3/c24-19-8-6-15(12-20(19)25)18-3-1-2-4-21(18)29-17-7-5-14-9-10-23(26,22(27)28)13-16(14)11-17/h1-2,4-8,11-12,18H,3,9-10,13,26H2,(H,27,28). The lowest BCUT2D eigenvalue weighted by atomic mass is 9.78. The molecule has 2 atom stereocenters. The maximum atomic E-state index is 13.7. The van der Waals surface area contributed by atoms with Crippen LogP contribution in [0.1, 0.15) is 35.4 Å². The maximum Gasteiger partial charge on any atom is 0.324 e. The van der Waals surface area contributed by atoms with Crippen LogP contribution in [-0.2, 0) is 17.6 Å². The number of rotatable bonds is 4. The van der Waals surface area contributed by atoms with Gasteiger partial charge in [0.25, 0.3) is 0 Å². The van der Waals surface area contributed by atoms with Crippen LogP contribution in [-0.4, -0.2) is 16.6 Å². The Bertz CT molecular complexity index is 1030.